The number of nitrogens with zero attached hydrogens (tertiary/aromatic N) is 1. The van der Waals surface area contributed by atoms with Crippen molar-refractivity contribution in [3.05, 3.63) is 29.3 Å². The summed E-state index contributed by atoms with van der Waals surface area (Å²) in [5.74, 6) is -0.272. The number of anilines is 1. The van der Waals surface area contributed by atoms with Crippen LogP contribution in [-0.4, -0.2) is 36.9 Å². The van der Waals surface area contributed by atoms with Gasteiger partial charge in [0, 0.05) is 26.4 Å². The van der Waals surface area contributed by atoms with Gasteiger partial charge < -0.3 is 15.5 Å². The monoisotopic (exact) mass is 365 g/mol. The van der Waals surface area contributed by atoms with Crippen LogP contribution >= 0.6 is 11.6 Å². The van der Waals surface area contributed by atoms with Crippen molar-refractivity contribution < 1.29 is 14.4 Å². The lowest BCUT2D eigenvalue weighted by Crippen LogP contribution is -2.41. The molecule has 0 spiro atoms. The summed E-state index contributed by atoms with van der Waals surface area (Å²) < 4.78 is 0. The number of benzene rings is 1. The zero-order chi connectivity index (χ0) is 18.2. The molecule has 1 fully saturated rings. The van der Waals surface area contributed by atoms with Crippen LogP contribution in [0.15, 0.2) is 24.3 Å². The van der Waals surface area contributed by atoms with Crippen LogP contribution in [0.2, 0.25) is 5.02 Å². The summed E-state index contributed by atoms with van der Waals surface area (Å²) in [5, 5.41) is 6.07. The second-order valence-electron chi connectivity index (χ2n) is 6.14. The molecule has 136 valence electrons. The fourth-order valence-corrected chi connectivity index (χ4v) is 3.08. The maximum atomic E-state index is 12.5. The van der Waals surface area contributed by atoms with Gasteiger partial charge in [-0.05, 0) is 31.4 Å². The SMILES string of the molecule is CC(=O)NCCCCCC(=O)NC1CCN(c2ccccc2Cl)C1=O. The Morgan fingerprint density at radius 3 is 2.72 bits per heavy atom. The third-order valence-electron chi connectivity index (χ3n) is 4.14. The van der Waals surface area contributed by atoms with E-state index < -0.39 is 6.04 Å². The molecule has 0 bridgehead atoms. The number of hydrogen-bond acceptors (Lipinski definition) is 3. The molecule has 2 rings (SSSR count). The Bertz CT molecular complexity index is 636. The Balaban J connectivity index is 1.72. The summed E-state index contributed by atoms with van der Waals surface area (Å²) in [7, 11) is 0. The molecule has 1 aliphatic rings. The molecule has 0 saturated carbocycles. The average Bonchev–Trinajstić information content (AvgIpc) is 2.92. The zero-order valence-electron chi connectivity index (χ0n) is 14.4. The average molecular weight is 366 g/mol. The van der Waals surface area contributed by atoms with Crippen molar-refractivity contribution in [2.45, 2.75) is 45.1 Å². The van der Waals surface area contributed by atoms with Crippen LogP contribution < -0.4 is 15.5 Å². The highest BCUT2D eigenvalue weighted by molar-refractivity contribution is 6.34. The number of rotatable bonds is 8. The van der Waals surface area contributed by atoms with Crippen LogP contribution in [0.5, 0.6) is 0 Å². The van der Waals surface area contributed by atoms with Crippen molar-refractivity contribution in [3.63, 3.8) is 0 Å². The summed E-state index contributed by atoms with van der Waals surface area (Å²) in [4.78, 5) is 36.9. The van der Waals surface area contributed by atoms with Crippen molar-refractivity contribution in [2.24, 2.45) is 0 Å². The highest BCUT2D eigenvalue weighted by Crippen LogP contribution is 2.28. The summed E-state index contributed by atoms with van der Waals surface area (Å²) in [6.45, 7) is 2.66. The fraction of sp³-hybridized carbons (Fsp3) is 0.500. The standard InChI is InChI=1S/C18H24ClN3O3/c1-13(23)20-11-6-2-3-9-17(24)21-15-10-12-22(18(15)25)16-8-5-4-7-14(16)19/h4-5,7-8,15H,2-3,6,9-12H2,1H3,(H,20,23)(H,21,24). The van der Waals surface area contributed by atoms with Gasteiger partial charge in [-0.1, -0.05) is 30.2 Å². The number of para-hydroxylation sites is 1. The number of carbonyl (C=O) groups is 3. The minimum absolute atomic E-state index is 0.0411. The van der Waals surface area contributed by atoms with E-state index in [9.17, 15) is 14.4 Å². The van der Waals surface area contributed by atoms with E-state index in [1.54, 1.807) is 17.0 Å². The largest absolute Gasteiger partial charge is 0.356 e. The van der Waals surface area contributed by atoms with Crippen molar-refractivity contribution in [1.29, 1.82) is 0 Å². The molecule has 1 unspecified atom stereocenters. The summed E-state index contributed by atoms with van der Waals surface area (Å²) >= 11 is 6.15. The highest BCUT2D eigenvalue weighted by Gasteiger charge is 2.34. The van der Waals surface area contributed by atoms with E-state index in [1.807, 2.05) is 12.1 Å². The van der Waals surface area contributed by atoms with Gasteiger partial charge in [-0.3, -0.25) is 14.4 Å². The van der Waals surface area contributed by atoms with Gasteiger partial charge in [-0.2, -0.15) is 0 Å². The van der Waals surface area contributed by atoms with Crippen molar-refractivity contribution >= 4 is 35.0 Å². The number of carbonyl (C=O) groups excluding carboxylic acids is 3. The fourth-order valence-electron chi connectivity index (χ4n) is 2.84. The van der Waals surface area contributed by atoms with Gasteiger partial charge in [0.05, 0.1) is 10.7 Å². The number of amides is 3. The molecule has 1 aromatic carbocycles. The van der Waals surface area contributed by atoms with Crippen LogP contribution in [0.25, 0.3) is 0 Å². The number of unbranched alkanes of at least 4 members (excludes halogenated alkanes) is 2. The smallest absolute Gasteiger partial charge is 0.249 e. The first kappa shape index (κ1) is 19.2. The maximum Gasteiger partial charge on any atom is 0.249 e. The molecule has 1 aromatic rings. The second kappa shape index (κ2) is 9.42. The molecule has 0 radical (unpaired) electrons. The van der Waals surface area contributed by atoms with Gasteiger partial charge in [0.1, 0.15) is 6.04 Å². The van der Waals surface area contributed by atoms with Gasteiger partial charge in [-0.25, -0.2) is 0 Å². The molecule has 7 heteroatoms. The predicted molar refractivity (Wildman–Crippen MR) is 97.5 cm³/mol. The van der Waals surface area contributed by atoms with Crippen LogP contribution in [0.4, 0.5) is 5.69 Å². The quantitative estimate of drug-likeness (QED) is 0.693. The lowest BCUT2D eigenvalue weighted by Gasteiger charge is -2.18. The lowest BCUT2D eigenvalue weighted by atomic mass is 10.1. The Kier molecular flexibility index (Phi) is 7.25. The van der Waals surface area contributed by atoms with Crippen LogP contribution in [0, 0.1) is 0 Å². The van der Waals surface area contributed by atoms with Gasteiger partial charge in [0.15, 0.2) is 0 Å². The predicted octanol–water partition coefficient (Wildman–Crippen LogP) is 2.26. The van der Waals surface area contributed by atoms with Crippen molar-refractivity contribution in [2.75, 3.05) is 18.0 Å². The first-order chi connectivity index (χ1) is 12.0. The Morgan fingerprint density at radius 1 is 1.24 bits per heavy atom. The molecule has 0 aromatic heterocycles. The van der Waals surface area contributed by atoms with Crippen LogP contribution in [0.3, 0.4) is 0 Å². The Labute approximate surface area is 152 Å². The molecule has 2 N–H and O–H groups in total. The second-order valence-corrected chi connectivity index (χ2v) is 6.55. The topological polar surface area (TPSA) is 78.5 Å². The maximum absolute atomic E-state index is 12.5. The van der Waals surface area contributed by atoms with E-state index in [1.165, 1.54) is 6.92 Å². The molecule has 1 saturated heterocycles. The molecular weight excluding hydrogens is 342 g/mol. The number of nitrogens with one attached hydrogen (secondary N) is 2. The van der Waals surface area contributed by atoms with Crippen LogP contribution in [0.1, 0.15) is 39.0 Å². The summed E-state index contributed by atoms with van der Waals surface area (Å²) in [5.41, 5.74) is 0.684. The number of hydrogen-bond donors (Lipinski definition) is 2. The van der Waals surface area contributed by atoms with E-state index in [0.717, 1.165) is 19.3 Å². The first-order valence-corrected chi connectivity index (χ1v) is 8.96. The van der Waals surface area contributed by atoms with Gasteiger partial charge in [0.2, 0.25) is 17.7 Å². The van der Waals surface area contributed by atoms with E-state index in [2.05, 4.69) is 10.6 Å². The van der Waals surface area contributed by atoms with Crippen molar-refractivity contribution in [3.8, 4) is 0 Å². The molecule has 0 aliphatic carbocycles. The lowest BCUT2D eigenvalue weighted by molar-refractivity contribution is -0.126. The van der Waals surface area contributed by atoms with Crippen molar-refractivity contribution in [1.82, 2.24) is 10.6 Å². The number of halogens is 1. The third-order valence-corrected chi connectivity index (χ3v) is 4.46. The van der Waals surface area contributed by atoms with Crippen LogP contribution in [-0.2, 0) is 14.4 Å². The van der Waals surface area contributed by atoms with E-state index in [0.29, 0.717) is 36.6 Å². The molecule has 1 heterocycles. The summed E-state index contributed by atoms with van der Waals surface area (Å²) in [6, 6.07) is 6.72. The van der Waals surface area contributed by atoms with E-state index >= 15 is 0 Å². The normalized spacial score (nSPS) is 16.8. The molecular formula is C18H24ClN3O3. The van der Waals surface area contributed by atoms with Gasteiger partial charge in [0.25, 0.3) is 0 Å². The summed E-state index contributed by atoms with van der Waals surface area (Å²) in [6.07, 6.45) is 3.41. The molecule has 1 aliphatic heterocycles. The van der Waals surface area contributed by atoms with E-state index in [-0.39, 0.29) is 17.7 Å². The van der Waals surface area contributed by atoms with Gasteiger partial charge in [-0.15, -0.1) is 0 Å². The minimum atomic E-state index is -0.483. The zero-order valence-corrected chi connectivity index (χ0v) is 15.1. The van der Waals surface area contributed by atoms with E-state index in [4.69, 9.17) is 11.6 Å². The third kappa shape index (κ3) is 5.74. The molecule has 1 atom stereocenters. The molecule has 6 nitrogen and oxygen atoms in total. The highest BCUT2D eigenvalue weighted by atomic mass is 35.5. The molecule has 3 amide bonds. The first-order valence-electron chi connectivity index (χ1n) is 8.58. The molecule has 25 heavy (non-hydrogen) atoms. The minimum Gasteiger partial charge on any atom is -0.356 e. The Hall–Kier alpha value is -2.08. The Morgan fingerprint density at radius 2 is 2.00 bits per heavy atom. The van der Waals surface area contributed by atoms with Gasteiger partial charge >= 0.3 is 0 Å².